The van der Waals surface area contributed by atoms with Crippen molar-refractivity contribution in [1.29, 1.82) is 0 Å². The van der Waals surface area contributed by atoms with Crippen molar-refractivity contribution < 1.29 is 24.3 Å². The Morgan fingerprint density at radius 2 is 1.41 bits per heavy atom. The minimum absolute atomic E-state index is 0.132. The minimum Gasteiger partial charge on any atom is -0.507 e. The predicted octanol–water partition coefficient (Wildman–Crippen LogP) is 6.54. The number of hydrogen-bond acceptors (Lipinski definition) is 5. The lowest BCUT2D eigenvalue weighted by Crippen LogP contribution is -2.49. The van der Waals surface area contributed by atoms with Gasteiger partial charge in [-0.2, -0.15) is 0 Å². The van der Waals surface area contributed by atoms with Crippen LogP contribution in [0.3, 0.4) is 0 Å². The van der Waals surface area contributed by atoms with Crippen LogP contribution in [0.25, 0.3) is 10.8 Å². The summed E-state index contributed by atoms with van der Waals surface area (Å²) in [4.78, 5) is 60.0. The third kappa shape index (κ3) is 3.77. The number of nitrogens with zero attached hydrogens (tertiary/aromatic N) is 2. The molecule has 2 saturated heterocycles. The van der Waals surface area contributed by atoms with Crippen LogP contribution in [0.5, 0.6) is 5.75 Å². The smallest absolute Gasteiger partial charge is 0.241 e. The number of hydrogen-bond donors (Lipinski definition) is 1. The lowest BCUT2D eigenvalue weighted by Gasteiger charge is -2.49. The number of para-hydroxylation sites is 1. The van der Waals surface area contributed by atoms with Gasteiger partial charge < -0.3 is 5.11 Å². The topological polar surface area (TPSA) is 95.0 Å². The first-order valence-electron chi connectivity index (χ1n) is 16.1. The number of fused-ring (bicyclic) bond motifs is 5. The van der Waals surface area contributed by atoms with Gasteiger partial charge in [-0.05, 0) is 78.9 Å². The Morgan fingerprint density at radius 3 is 2.13 bits per heavy atom. The number of phenols is 1. The molecule has 1 N–H and O–H groups in total. The molecule has 3 fully saturated rings. The van der Waals surface area contributed by atoms with Gasteiger partial charge in [-0.25, -0.2) is 4.90 Å². The molecule has 4 aliphatic rings. The average Bonchev–Trinajstić information content (AvgIpc) is 3.45. The summed E-state index contributed by atoms with van der Waals surface area (Å²) >= 11 is 0. The zero-order valence-electron chi connectivity index (χ0n) is 25.7. The molecule has 6 atom stereocenters. The van der Waals surface area contributed by atoms with E-state index in [1.54, 1.807) is 18.2 Å². The minimum atomic E-state index is -1.15. The molecule has 46 heavy (non-hydrogen) atoms. The Morgan fingerprint density at radius 1 is 0.739 bits per heavy atom. The van der Waals surface area contributed by atoms with Crippen LogP contribution < -0.4 is 9.80 Å². The molecule has 0 spiro atoms. The van der Waals surface area contributed by atoms with E-state index in [1.807, 2.05) is 79.7 Å². The first kappa shape index (κ1) is 28.4. The Balaban J connectivity index is 1.30. The first-order valence-corrected chi connectivity index (χ1v) is 16.1. The van der Waals surface area contributed by atoms with Gasteiger partial charge in [0.2, 0.25) is 23.6 Å². The SMILES string of the molecule is CCc1ccc(N2C(=O)[C@H]3[C@H](CC=C4[C@H]3C[C@H]3C(=O)N(c5ccccc5)C(=O)[C@@]3(C)[C@H]4c3ccc(O)c4ccccc34)C2=O)cc1. The molecule has 0 aromatic heterocycles. The fraction of sp³-hybridized carbons (Fsp3) is 0.282. The molecule has 0 radical (unpaired) electrons. The average molecular weight is 611 g/mol. The van der Waals surface area contributed by atoms with Crippen molar-refractivity contribution >= 4 is 45.8 Å². The summed E-state index contributed by atoms with van der Waals surface area (Å²) in [5.41, 5.74) is 2.81. The van der Waals surface area contributed by atoms with Crippen LogP contribution in [0.2, 0.25) is 0 Å². The second-order valence-corrected chi connectivity index (χ2v) is 13.2. The number of anilines is 2. The summed E-state index contributed by atoms with van der Waals surface area (Å²) in [6, 6.07) is 27.6. The quantitative estimate of drug-likeness (QED) is 0.209. The van der Waals surface area contributed by atoms with E-state index in [1.165, 1.54) is 9.80 Å². The van der Waals surface area contributed by atoms with Gasteiger partial charge in [0.05, 0.1) is 34.5 Å². The fourth-order valence-electron chi connectivity index (χ4n) is 8.88. The largest absolute Gasteiger partial charge is 0.507 e. The molecule has 8 rings (SSSR count). The van der Waals surface area contributed by atoms with Gasteiger partial charge in [0, 0.05) is 11.3 Å². The van der Waals surface area contributed by atoms with E-state index in [4.69, 9.17) is 0 Å². The highest BCUT2D eigenvalue weighted by molar-refractivity contribution is 6.25. The molecule has 7 heteroatoms. The molecule has 0 bridgehead atoms. The number of carbonyl (C=O) groups excluding carboxylic acids is 4. The summed E-state index contributed by atoms with van der Waals surface area (Å²) in [6.45, 7) is 3.95. The molecule has 4 aromatic rings. The molecule has 2 heterocycles. The molecule has 0 unspecified atom stereocenters. The van der Waals surface area contributed by atoms with E-state index < -0.39 is 35.0 Å². The zero-order chi connectivity index (χ0) is 31.9. The van der Waals surface area contributed by atoms with Gasteiger partial charge in [-0.3, -0.25) is 24.1 Å². The number of benzene rings is 4. The van der Waals surface area contributed by atoms with Crippen molar-refractivity contribution in [2.75, 3.05) is 9.80 Å². The third-order valence-corrected chi connectivity index (χ3v) is 11.1. The maximum Gasteiger partial charge on any atom is 0.241 e. The highest BCUT2D eigenvalue weighted by Gasteiger charge is 2.67. The zero-order valence-corrected chi connectivity index (χ0v) is 25.7. The van der Waals surface area contributed by atoms with E-state index >= 15 is 0 Å². The summed E-state index contributed by atoms with van der Waals surface area (Å²) in [6.07, 6.45) is 3.59. The van der Waals surface area contributed by atoms with Gasteiger partial charge >= 0.3 is 0 Å². The fourth-order valence-corrected chi connectivity index (χ4v) is 8.88. The maximum absolute atomic E-state index is 14.7. The van der Waals surface area contributed by atoms with E-state index in [2.05, 4.69) is 13.0 Å². The number of allylic oxidation sites excluding steroid dienone is 2. The summed E-state index contributed by atoms with van der Waals surface area (Å²) in [5.74, 6) is -3.72. The van der Waals surface area contributed by atoms with Gasteiger partial charge in [0.1, 0.15) is 5.75 Å². The molecule has 2 aliphatic heterocycles. The number of phenolic OH excluding ortho intramolecular Hbond substituents is 1. The first-order chi connectivity index (χ1) is 22.3. The number of rotatable bonds is 4. The van der Waals surface area contributed by atoms with Crippen molar-refractivity contribution in [3.8, 4) is 5.75 Å². The van der Waals surface area contributed by atoms with Crippen LogP contribution in [0, 0.1) is 29.1 Å². The van der Waals surface area contributed by atoms with Crippen LogP contribution in [-0.2, 0) is 25.6 Å². The van der Waals surface area contributed by atoms with Crippen molar-refractivity contribution in [2.45, 2.75) is 39.0 Å². The van der Waals surface area contributed by atoms with E-state index in [0.29, 0.717) is 29.6 Å². The Bertz CT molecular complexity index is 1980. The monoisotopic (exact) mass is 610 g/mol. The van der Waals surface area contributed by atoms with Crippen molar-refractivity contribution in [3.05, 3.63) is 114 Å². The van der Waals surface area contributed by atoms with Crippen molar-refractivity contribution in [1.82, 2.24) is 0 Å². The second kappa shape index (κ2) is 10.2. The molecular weight excluding hydrogens is 576 g/mol. The number of imide groups is 2. The molecule has 4 aromatic carbocycles. The van der Waals surface area contributed by atoms with E-state index in [-0.39, 0.29) is 29.4 Å². The lowest BCUT2D eigenvalue weighted by molar-refractivity contribution is -0.131. The number of aryl methyl sites for hydroxylation is 1. The number of amides is 4. The Labute approximate surface area is 267 Å². The van der Waals surface area contributed by atoms with Crippen molar-refractivity contribution in [2.24, 2.45) is 29.1 Å². The van der Waals surface area contributed by atoms with Crippen molar-refractivity contribution in [3.63, 3.8) is 0 Å². The number of carbonyl (C=O) groups is 4. The highest BCUT2D eigenvalue weighted by atomic mass is 16.3. The second-order valence-electron chi connectivity index (χ2n) is 13.2. The van der Waals surface area contributed by atoms with E-state index in [9.17, 15) is 24.3 Å². The Hall–Kier alpha value is -5.04. The molecular formula is C39H34N2O5. The maximum atomic E-state index is 14.7. The summed E-state index contributed by atoms with van der Waals surface area (Å²) in [5, 5.41) is 12.2. The molecule has 230 valence electrons. The van der Waals surface area contributed by atoms with Crippen LogP contribution in [0.1, 0.15) is 43.7 Å². The predicted molar refractivity (Wildman–Crippen MR) is 175 cm³/mol. The molecule has 7 nitrogen and oxygen atoms in total. The highest BCUT2D eigenvalue weighted by Crippen LogP contribution is 2.64. The summed E-state index contributed by atoms with van der Waals surface area (Å²) in [7, 11) is 0. The Kier molecular flexibility index (Phi) is 6.33. The molecule has 1 saturated carbocycles. The van der Waals surface area contributed by atoms with Gasteiger partial charge in [0.15, 0.2) is 0 Å². The van der Waals surface area contributed by atoms with Crippen LogP contribution in [0.15, 0.2) is 103 Å². The summed E-state index contributed by atoms with van der Waals surface area (Å²) < 4.78 is 0. The molecule has 4 amide bonds. The molecule has 2 aliphatic carbocycles. The van der Waals surface area contributed by atoms with Gasteiger partial charge in [-0.15, -0.1) is 0 Å². The van der Waals surface area contributed by atoms with Crippen LogP contribution in [0.4, 0.5) is 11.4 Å². The lowest BCUT2D eigenvalue weighted by atomic mass is 9.51. The third-order valence-electron chi connectivity index (χ3n) is 11.1. The normalized spacial score (nSPS) is 28.7. The van der Waals surface area contributed by atoms with Crippen LogP contribution >= 0.6 is 0 Å². The standard InChI is InChI=1S/C39H34N2O5/c1-3-22-13-15-24(16-14-22)40-35(43)29-18-17-28-30(33(29)37(40)45)21-31-36(44)41(23-9-5-4-6-10-23)38(46)39(31,2)34(28)27-19-20-32(42)26-12-8-7-11-25(26)27/h4-17,19-20,29-31,33-34,42H,3,18,21H2,1-2H3/t29-,30+,31-,33-,34-,39+/m0/s1. The van der Waals surface area contributed by atoms with Crippen LogP contribution in [-0.4, -0.2) is 28.7 Å². The van der Waals surface area contributed by atoms with Gasteiger partial charge in [-0.1, -0.05) is 79.2 Å². The van der Waals surface area contributed by atoms with E-state index in [0.717, 1.165) is 28.5 Å². The number of aromatic hydroxyl groups is 1. The van der Waals surface area contributed by atoms with Gasteiger partial charge in [0.25, 0.3) is 0 Å².